The first-order chi connectivity index (χ1) is 8.58. The van der Waals surface area contributed by atoms with Gasteiger partial charge in [-0.1, -0.05) is 29.3 Å². The van der Waals surface area contributed by atoms with Gasteiger partial charge in [0.05, 0.1) is 16.3 Å². The van der Waals surface area contributed by atoms with Crippen molar-refractivity contribution >= 4 is 40.6 Å². The van der Waals surface area contributed by atoms with Crippen molar-refractivity contribution in [3.63, 3.8) is 0 Å². The number of rotatable bonds is 2. The number of hydrogen-bond donors (Lipinski definition) is 2. The van der Waals surface area contributed by atoms with Gasteiger partial charge in [0.25, 0.3) is 5.91 Å². The Balaban J connectivity index is 2.25. The molecule has 0 spiro atoms. The molecule has 1 aromatic heterocycles. The number of nitrogens with zero attached hydrogens (tertiary/aromatic N) is 2. The van der Waals surface area contributed by atoms with Gasteiger partial charge in [-0.15, -0.1) is 0 Å². The average molecular weight is 283 g/mol. The summed E-state index contributed by atoms with van der Waals surface area (Å²) in [5.41, 5.74) is 6.23. The lowest BCUT2D eigenvalue weighted by atomic mass is 10.2. The van der Waals surface area contributed by atoms with Crippen LogP contribution in [-0.4, -0.2) is 15.9 Å². The zero-order valence-electron chi connectivity index (χ0n) is 9.02. The van der Waals surface area contributed by atoms with Gasteiger partial charge in [-0.3, -0.25) is 4.79 Å². The lowest BCUT2D eigenvalue weighted by Gasteiger charge is -2.07. The summed E-state index contributed by atoms with van der Waals surface area (Å²) in [6, 6.07) is 6.25. The summed E-state index contributed by atoms with van der Waals surface area (Å²) in [4.78, 5) is 19.5. The molecular formula is C11H8Cl2N4O. The van der Waals surface area contributed by atoms with E-state index in [2.05, 4.69) is 15.3 Å². The standard InChI is InChI=1S/C11H8Cl2N4O/c12-8-4-9(16-5-15-8)17-11(18)6-2-1-3-7(14)10(6)13/h1-5H,14H2,(H,15,16,17,18). The van der Waals surface area contributed by atoms with Crippen LogP contribution in [0.1, 0.15) is 10.4 Å². The largest absolute Gasteiger partial charge is 0.398 e. The molecule has 7 heteroatoms. The van der Waals surface area contributed by atoms with Gasteiger partial charge in [-0.25, -0.2) is 9.97 Å². The van der Waals surface area contributed by atoms with Gasteiger partial charge >= 0.3 is 0 Å². The van der Waals surface area contributed by atoms with Crippen LogP contribution in [0.3, 0.4) is 0 Å². The highest BCUT2D eigenvalue weighted by Gasteiger charge is 2.12. The number of hydrogen-bond acceptors (Lipinski definition) is 4. The third-order valence-electron chi connectivity index (χ3n) is 2.15. The summed E-state index contributed by atoms with van der Waals surface area (Å²) in [6.45, 7) is 0. The molecule has 2 aromatic rings. The van der Waals surface area contributed by atoms with Crippen LogP contribution in [0.2, 0.25) is 10.2 Å². The second-order valence-corrected chi connectivity index (χ2v) is 4.15. The van der Waals surface area contributed by atoms with Gasteiger partial charge in [-0.05, 0) is 12.1 Å². The normalized spacial score (nSPS) is 10.1. The molecule has 0 atom stereocenters. The molecule has 2 rings (SSSR count). The van der Waals surface area contributed by atoms with Crippen molar-refractivity contribution in [1.29, 1.82) is 0 Å². The molecule has 0 bridgehead atoms. The molecule has 1 heterocycles. The Kier molecular flexibility index (Phi) is 3.64. The van der Waals surface area contributed by atoms with Crippen molar-refractivity contribution in [2.24, 2.45) is 0 Å². The summed E-state index contributed by atoms with van der Waals surface area (Å²) in [5.74, 6) is -0.124. The van der Waals surface area contributed by atoms with Gasteiger partial charge in [0.2, 0.25) is 0 Å². The maximum atomic E-state index is 11.9. The van der Waals surface area contributed by atoms with Gasteiger partial charge in [0, 0.05) is 6.07 Å². The Bertz CT molecular complexity index is 603. The topological polar surface area (TPSA) is 80.9 Å². The number of carbonyl (C=O) groups excluding carboxylic acids is 1. The monoisotopic (exact) mass is 282 g/mol. The second-order valence-electron chi connectivity index (χ2n) is 3.39. The van der Waals surface area contributed by atoms with E-state index < -0.39 is 5.91 Å². The van der Waals surface area contributed by atoms with Crippen molar-refractivity contribution in [3.05, 3.63) is 46.3 Å². The minimum Gasteiger partial charge on any atom is -0.398 e. The Hall–Kier alpha value is -1.85. The number of amides is 1. The molecule has 0 aliphatic carbocycles. The van der Waals surface area contributed by atoms with Crippen molar-refractivity contribution < 1.29 is 4.79 Å². The van der Waals surface area contributed by atoms with Gasteiger partial charge < -0.3 is 11.1 Å². The van der Waals surface area contributed by atoms with Crippen LogP contribution >= 0.6 is 23.2 Å². The van der Waals surface area contributed by atoms with Crippen LogP contribution in [0.15, 0.2) is 30.6 Å². The summed E-state index contributed by atoms with van der Waals surface area (Å²) in [6.07, 6.45) is 1.25. The number of halogens is 2. The van der Waals surface area contributed by atoms with Crippen LogP contribution < -0.4 is 11.1 Å². The zero-order chi connectivity index (χ0) is 13.1. The number of carbonyl (C=O) groups is 1. The van der Waals surface area contributed by atoms with E-state index in [0.29, 0.717) is 11.5 Å². The molecule has 0 radical (unpaired) electrons. The highest BCUT2D eigenvalue weighted by Crippen LogP contribution is 2.23. The van der Waals surface area contributed by atoms with Crippen LogP contribution in [0.25, 0.3) is 0 Å². The van der Waals surface area contributed by atoms with Gasteiger partial charge in [-0.2, -0.15) is 0 Å². The molecule has 0 saturated carbocycles. The first-order valence-electron chi connectivity index (χ1n) is 4.91. The number of anilines is 2. The Morgan fingerprint density at radius 1 is 1.28 bits per heavy atom. The fourth-order valence-electron chi connectivity index (χ4n) is 1.31. The van der Waals surface area contributed by atoms with Crippen molar-refractivity contribution in [2.75, 3.05) is 11.1 Å². The smallest absolute Gasteiger partial charge is 0.258 e. The maximum absolute atomic E-state index is 11.9. The Morgan fingerprint density at radius 3 is 2.78 bits per heavy atom. The molecule has 0 aliphatic heterocycles. The summed E-state index contributed by atoms with van der Waals surface area (Å²) < 4.78 is 0. The summed E-state index contributed by atoms with van der Waals surface area (Å²) >= 11 is 11.6. The molecule has 1 amide bonds. The molecule has 0 unspecified atom stereocenters. The Labute approximate surface area is 113 Å². The molecular weight excluding hydrogens is 275 g/mol. The maximum Gasteiger partial charge on any atom is 0.258 e. The number of nitrogens with two attached hydrogens (primary N) is 1. The van der Waals surface area contributed by atoms with Crippen LogP contribution in [0, 0.1) is 0 Å². The molecule has 18 heavy (non-hydrogen) atoms. The van der Waals surface area contributed by atoms with E-state index in [1.807, 2.05) is 0 Å². The average Bonchev–Trinajstić information content (AvgIpc) is 2.32. The third-order valence-corrected chi connectivity index (χ3v) is 2.78. The van der Waals surface area contributed by atoms with Crippen LogP contribution in [0.4, 0.5) is 11.5 Å². The predicted octanol–water partition coefficient (Wildman–Crippen LogP) is 2.62. The molecule has 0 aliphatic rings. The lowest BCUT2D eigenvalue weighted by molar-refractivity contribution is 0.102. The van der Waals surface area contributed by atoms with Gasteiger partial charge in [0.1, 0.15) is 17.3 Å². The summed E-state index contributed by atoms with van der Waals surface area (Å²) in [7, 11) is 0. The lowest BCUT2D eigenvalue weighted by Crippen LogP contribution is -2.14. The van der Waals surface area contributed by atoms with E-state index in [0.717, 1.165) is 0 Å². The van der Waals surface area contributed by atoms with Crippen LogP contribution in [-0.2, 0) is 0 Å². The fourth-order valence-corrected chi connectivity index (χ4v) is 1.67. The number of nitrogens with one attached hydrogen (secondary N) is 1. The highest BCUT2D eigenvalue weighted by molar-refractivity contribution is 6.36. The van der Waals surface area contributed by atoms with Crippen LogP contribution in [0.5, 0.6) is 0 Å². The molecule has 0 saturated heterocycles. The van der Waals surface area contributed by atoms with E-state index in [1.54, 1.807) is 18.2 Å². The first kappa shape index (κ1) is 12.6. The van der Waals surface area contributed by atoms with E-state index >= 15 is 0 Å². The van der Waals surface area contributed by atoms with E-state index in [9.17, 15) is 4.79 Å². The molecule has 1 aromatic carbocycles. The van der Waals surface area contributed by atoms with Crippen molar-refractivity contribution in [3.8, 4) is 0 Å². The number of aromatic nitrogens is 2. The molecule has 3 N–H and O–H groups in total. The second kappa shape index (κ2) is 5.20. The fraction of sp³-hybridized carbons (Fsp3) is 0. The minimum absolute atomic E-state index is 0.204. The quantitative estimate of drug-likeness (QED) is 0.655. The Morgan fingerprint density at radius 2 is 2.06 bits per heavy atom. The third kappa shape index (κ3) is 2.69. The molecule has 92 valence electrons. The molecule has 5 nitrogen and oxygen atoms in total. The SMILES string of the molecule is Nc1cccc(C(=O)Nc2cc(Cl)ncn2)c1Cl. The van der Waals surface area contributed by atoms with Crippen molar-refractivity contribution in [1.82, 2.24) is 9.97 Å². The predicted molar refractivity (Wildman–Crippen MR) is 70.9 cm³/mol. The van der Waals surface area contributed by atoms with Crippen molar-refractivity contribution in [2.45, 2.75) is 0 Å². The van der Waals surface area contributed by atoms with Gasteiger partial charge in [0.15, 0.2) is 0 Å². The highest BCUT2D eigenvalue weighted by atomic mass is 35.5. The number of benzene rings is 1. The molecule has 0 fully saturated rings. The first-order valence-corrected chi connectivity index (χ1v) is 5.66. The van der Waals surface area contributed by atoms with E-state index in [1.165, 1.54) is 12.4 Å². The summed E-state index contributed by atoms with van der Waals surface area (Å²) in [5, 5.41) is 2.99. The van der Waals surface area contributed by atoms with E-state index in [-0.39, 0.29) is 15.7 Å². The zero-order valence-corrected chi connectivity index (χ0v) is 10.5. The minimum atomic E-state index is -0.415. The van der Waals surface area contributed by atoms with E-state index in [4.69, 9.17) is 28.9 Å². The number of nitrogen functional groups attached to an aromatic ring is 1.